The summed E-state index contributed by atoms with van der Waals surface area (Å²) in [5.74, 6) is -1.98. The number of pyridine rings is 1. The molecule has 0 bridgehead atoms. The first-order valence-corrected chi connectivity index (χ1v) is 6.16. The van der Waals surface area contributed by atoms with E-state index in [-0.39, 0.29) is 22.0 Å². The van der Waals surface area contributed by atoms with E-state index in [1.54, 1.807) is 0 Å². The maximum Gasteiger partial charge on any atom is 0.276 e. The van der Waals surface area contributed by atoms with Crippen LogP contribution < -0.4 is 16.1 Å². The number of anilines is 1. The molecule has 2 heterocycles. The average Bonchev–Trinajstić information content (AvgIpc) is 2.66. The minimum atomic E-state index is -0.749. The largest absolute Gasteiger partial charge is 0.365 e. The molecule has 0 radical (unpaired) electrons. The van der Waals surface area contributed by atoms with E-state index in [4.69, 9.17) is 11.6 Å². The summed E-state index contributed by atoms with van der Waals surface area (Å²) in [7, 11) is 3.01. The summed E-state index contributed by atoms with van der Waals surface area (Å²) in [5.41, 5.74) is -1.02. The zero-order valence-electron chi connectivity index (χ0n) is 11.1. The summed E-state index contributed by atoms with van der Waals surface area (Å²) in [6, 6.07) is 0. The molecule has 0 saturated heterocycles. The van der Waals surface area contributed by atoms with E-state index in [1.807, 2.05) is 5.32 Å². The van der Waals surface area contributed by atoms with Gasteiger partial charge in [-0.1, -0.05) is 11.6 Å². The van der Waals surface area contributed by atoms with Crippen LogP contribution in [0, 0.1) is 0 Å². The molecule has 3 N–H and O–H groups in total. The van der Waals surface area contributed by atoms with E-state index in [0.29, 0.717) is 0 Å². The molecule has 0 fully saturated rings. The van der Waals surface area contributed by atoms with Crippen LogP contribution in [0.15, 0.2) is 27.9 Å². The predicted molar refractivity (Wildman–Crippen MR) is 74.7 cm³/mol. The third kappa shape index (κ3) is 2.65. The molecular formula is C12H11ClN4O4. The van der Waals surface area contributed by atoms with Crippen molar-refractivity contribution in [2.75, 3.05) is 19.4 Å². The highest BCUT2D eigenvalue weighted by Gasteiger charge is 2.30. The summed E-state index contributed by atoms with van der Waals surface area (Å²) >= 11 is 5.68. The second-order valence-electron chi connectivity index (χ2n) is 4.41. The topological polar surface area (TPSA) is 111 Å². The molecule has 21 heavy (non-hydrogen) atoms. The van der Waals surface area contributed by atoms with Crippen molar-refractivity contribution >= 4 is 35.0 Å². The molecule has 0 spiro atoms. The standard InChI is InChI=1S/C12H11ClN4O4/c1-17(2)12(21)5-3-14-4-6(9(5)18)15-8-7(13)10(19)16-11(8)20/h3-4H,1-2H3,(H,14,18)(H2,15,16,19,20). The highest BCUT2D eigenvalue weighted by Crippen LogP contribution is 2.17. The minimum Gasteiger partial charge on any atom is -0.365 e. The lowest BCUT2D eigenvalue weighted by Gasteiger charge is -2.11. The molecule has 9 heteroatoms. The second-order valence-corrected chi connectivity index (χ2v) is 4.79. The minimum absolute atomic E-state index is 0.0688. The fourth-order valence-electron chi connectivity index (χ4n) is 1.66. The van der Waals surface area contributed by atoms with Gasteiger partial charge < -0.3 is 15.2 Å². The van der Waals surface area contributed by atoms with Crippen molar-refractivity contribution < 1.29 is 14.4 Å². The van der Waals surface area contributed by atoms with Gasteiger partial charge in [0, 0.05) is 26.5 Å². The third-order valence-corrected chi connectivity index (χ3v) is 3.07. The lowest BCUT2D eigenvalue weighted by Crippen LogP contribution is -2.29. The van der Waals surface area contributed by atoms with Gasteiger partial charge in [0.1, 0.15) is 22.0 Å². The Bertz CT molecular complexity index is 735. The van der Waals surface area contributed by atoms with Gasteiger partial charge in [0.2, 0.25) is 5.43 Å². The summed E-state index contributed by atoms with van der Waals surface area (Å²) in [6.45, 7) is 0. The molecule has 1 aromatic heterocycles. The number of rotatable bonds is 3. The number of carbonyl (C=O) groups excluding carboxylic acids is 3. The molecule has 8 nitrogen and oxygen atoms in total. The lowest BCUT2D eigenvalue weighted by molar-refractivity contribution is -0.123. The maximum absolute atomic E-state index is 12.2. The molecule has 1 aliphatic heterocycles. The summed E-state index contributed by atoms with van der Waals surface area (Å²) in [6.07, 6.45) is 2.52. The Labute approximate surface area is 123 Å². The number of H-pyrrole nitrogens is 1. The van der Waals surface area contributed by atoms with Crippen LogP contribution in [-0.2, 0) is 9.59 Å². The molecule has 0 atom stereocenters. The van der Waals surface area contributed by atoms with Gasteiger partial charge in [0.15, 0.2) is 0 Å². The summed E-state index contributed by atoms with van der Waals surface area (Å²) in [5, 5.41) is 4.11. The van der Waals surface area contributed by atoms with Gasteiger partial charge in [-0.15, -0.1) is 0 Å². The highest BCUT2D eigenvalue weighted by molar-refractivity contribution is 6.48. The molecular weight excluding hydrogens is 300 g/mol. The Kier molecular flexibility index (Phi) is 3.81. The molecule has 110 valence electrons. The Morgan fingerprint density at radius 2 is 1.86 bits per heavy atom. The fourth-order valence-corrected chi connectivity index (χ4v) is 1.84. The maximum atomic E-state index is 12.2. The van der Waals surface area contributed by atoms with Crippen molar-refractivity contribution in [1.29, 1.82) is 0 Å². The van der Waals surface area contributed by atoms with Crippen LogP contribution >= 0.6 is 11.6 Å². The van der Waals surface area contributed by atoms with E-state index in [9.17, 15) is 19.2 Å². The van der Waals surface area contributed by atoms with Crippen LogP contribution in [0.3, 0.4) is 0 Å². The van der Waals surface area contributed by atoms with Gasteiger partial charge in [0.05, 0.1) is 0 Å². The zero-order valence-corrected chi connectivity index (χ0v) is 11.9. The molecule has 1 aromatic rings. The summed E-state index contributed by atoms with van der Waals surface area (Å²) in [4.78, 5) is 50.6. The van der Waals surface area contributed by atoms with Gasteiger partial charge in [-0.3, -0.25) is 24.5 Å². The van der Waals surface area contributed by atoms with Crippen LogP contribution in [0.5, 0.6) is 0 Å². The van der Waals surface area contributed by atoms with E-state index in [1.165, 1.54) is 31.4 Å². The first-order chi connectivity index (χ1) is 9.82. The van der Waals surface area contributed by atoms with Crippen LogP contribution in [0.2, 0.25) is 0 Å². The molecule has 0 unspecified atom stereocenters. The number of nitrogens with one attached hydrogen (secondary N) is 3. The first kappa shape index (κ1) is 14.8. The molecule has 3 amide bonds. The number of carbonyl (C=O) groups is 3. The first-order valence-electron chi connectivity index (χ1n) is 5.78. The number of aromatic amines is 1. The molecule has 1 aliphatic rings. The predicted octanol–water partition coefficient (Wildman–Crippen LogP) is -0.405. The van der Waals surface area contributed by atoms with Crippen LogP contribution in [-0.4, -0.2) is 41.7 Å². The zero-order chi connectivity index (χ0) is 15.7. The Morgan fingerprint density at radius 1 is 1.19 bits per heavy atom. The van der Waals surface area contributed by atoms with Crippen molar-refractivity contribution in [3.8, 4) is 0 Å². The Balaban J connectivity index is 2.42. The Hall–Kier alpha value is -2.61. The van der Waals surface area contributed by atoms with E-state index in [2.05, 4.69) is 10.3 Å². The van der Waals surface area contributed by atoms with Gasteiger partial charge in [-0.05, 0) is 0 Å². The van der Waals surface area contributed by atoms with Gasteiger partial charge in [-0.2, -0.15) is 0 Å². The number of nitrogens with zero attached hydrogens (tertiary/aromatic N) is 1. The smallest absolute Gasteiger partial charge is 0.276 e. The lowest BCUT2D eigenvalue weighted by atomic mass is 10.2. The highest BCUT2D eigenvalue weighted by atomic mass is 35.5. The molecule has 2 rings (SSSR count). The number of amides is 3. The third-order valence-electron chi connectivity index (χ3n) is 2.71. The summed E-state index contributed by atoms with van der Waals surface area (Å²) < 4.78 is 0. The van der Waals surface area contributed by atoms with E-state index in [0.717, 1.165) is 0 Å². The number of aromatic nitrogens is 1. The van der Waals surface area contributed by atoms with Gasteiger partial charge in [-0.25, -0.2) is 0 Å². The van der Waals surface area contributed by atoms with Gasteiger partial charge in [0.25, 0.3) is 17.7 Å². The number of imide groups is 1. The molecule has 0 aromatic carbocycles. The SMILES string of the molecule is CN(C)C(=O)c1c[nH]cc(NC2=C(Cl)C(=O)NC2=O)c1=O. The molecule has 0 saturated carbocycles. The van der Waals surface area contributed by atoms with Gasteiger partial charge >= 0.3 is 0 Å². The van der Waals surface area contributed by atoms with Crippen LogP contribution in [0.25, 0.3) is 0 Å². The van der Waals surface area contributed by atoms with Crippen molar-refractivity contribution in [3.05, 3.63) is 38.9 Å². The van der Waals surface area contributed by atoms with Crippen molar-refractivity contribution in [2.24, 2.45) is 0 Å². The van der Waals surface area contributed by atoms with E-state index >= 15 is 0 Å². The van der Waals surface area contributed by atoms with Crippen LogP contribution in [0.1, 0.15) is 10.4 Å². The number of hydrogen-bond donors (Lipinski definition) is 3. The quantitative estimate of drug-likeness (QED) is 0.658. The average molecular weight is 311 g/mol. The van der Waals surface area contributed by atoms with Crippen molar-refractivity contribution in [2.45, 2.75) is 0 Å². The van der Waals surface area contributed by atoms with Crippen LogP contribution in [0.4, 0.5) is 5.69 Å². The fraction of sp³-hybridized carbons (Fsp3) is 0.167. The van der Waals surface area contributed by atoms with Crippen molar-refractivity contribution in [3.63, 3.8) is 0 Å². The van der Waals surface area contributed by atoms with Crippen molar-refractivity contribution in [1.82, 2.24) is 15.2 Å². The number of halogens is 1. The second kappa shape index (κ2) is 5.41. The Morgan fingerprint density at radius 3 is 2.38 bits per heavy atom. The molecule has 0 aliphatic carbocycles. The monoisotopic (exact) mass is 310 g/mol. The van der Waals surface area contributed by atoms with E-state index < -0.39 is 23.2 Å². The normalized spacial score (nSPS) is 14.2. The number of hydrogen-bond acceptors (Lipinski definition) is 5.